The van der Waals surface area contributed by atoms with Gasteiger partial charge in [0, 0.05) is 5.56 Å². The van der Waals surface area contributed by atoms with Crippen LogP contribution >= 0.6 is 11.6 Å². The van der Waals surface area contributed by atoms with Gasteiger partial charge in [-0.2, -0.15) is 0 Å². The van der Waals surface area contributed by atoms with Gasteiger partial charge in [0.25, 0.3) is 5.91 Å². The van der Waals surface area contributed by atoms with Crippen LogP contribution < -0.4 is 11.1 Å². The lowest BCUT2D eigenvalue weighted by atomic mass is 9.91. The third kappa shape index (κ3) is 3.19. The van der Waals surface area contributed by atoms with Crippen molar-refractivity contribution in [2.24, 2.45) is 10.9 Å². The summed E-state index contributed by atoms with van der Waals surface area (Å²) in [4.78, 5) is 12.1. The Balaban J connectivity index is 3.05. The molecule has 0 unspecified atom stereocenters. The van der Waals surface area contributed by atoms with Crippen LogP contribution in [0.1, 0.15) is 37.0 Å². The highest BCUT2D eigenvalue weighted by Gasteiger charge is 2.33. The van der Waals surface area contributed by atoms with Gasteiger partial charge < -0.3 is 16.3 Å². The molecule has 0 atom stereocenters. The summed E-state index contributed by atoms with van der Waals surface area (Å²) >= 11 is 5.57. The van der Waals surface area contributed by atoms with Crippen molar-refractivity contribution >= 4 is 23.3 Å². The van der Waals surface area contributed by atoms with Crippen LogP contribution in [0.4, 0.5) is 4.39 Å². The lowest BCUT2D eigenvalue weighted by molar-refractivity contribution is 0.0917. The summed E-state index contributed by atoms with van der Waals surface area (Å²) in [7, 11) is 0. The Bertz CT molecular complexity index is 530. The number of hydrogen-bond donors (Lipinski definition) is 3. The molecule has 1 aromatic rings. The zero-order chi connectivity index (χ0) is 15.3. The highest BCUT2D eigenvalue weighted by Crippen LogP contribution is 2.19. The Morgan fingerprint density at radius 1 is 1.50 bits per heavy atom. The third-order valence-electron chi connectivity index (χ3n) is 3.34. The quantitative estimate of drug-likeness (QED) is 0.338. The first-order valence-electron chi connectivity index (χ1n) is 6.15. The average molecular weight is 302 g/mol. The van der Waals surface area contributed by atoms with E-state index in [0.29, 0.717) is 12.8 Å². The van der Waals surface area contributed by atoms with E-state index >= 15 is 0 Å². The van der Waals surface area contributed by atoms with Gasteiger partial charge in [-0.1, -0.05) is 30.6 Å². The molecule has 0 heterocycles. The molecule has 7 heteroatoms. The van der Waals surface area contributed by atoms with Crippen molar-refractivity contribution in [3.63, 3.8) is 0 Å². The second-order valence-electron chi connectivity index (χ2n) is 4.36. The van der Waals surface area contributed by atoms with Crippen LogP contribution in [0.25, 0.3) is 0 Å². The van der Waals surface area contributed by atoms with Gasteiger partial charge in [-0.05, 0) is 31.0 Å². The highest BCUT2D eigenvalue weighted by molar-refractivity contribution is 6.30. The van der Waals surface area contributed by atoms with E-state index in [1.165, 1.54) is 12.1 Å². The minimum absolute atomic E-state index is 0.0600. The zero-order valence-electron chi connectivity index (χ0n) is 11.3. The lowest BCUT2D eigenvalue weighted by Gasteiger charge is -2.31. The molecule has 1 aromatic carbocycles. The van der Waals surface area contributed by atoms with Crippen LogP contribution in [0.2, 0.25) is 5.02 Å². The number of carbonyl (C=O) groups is 1. The van der Waals surface area contributed by atoms with Gasteiger partial charge in [-0.15, -0.1) is 0 Å². The Morgan fingerprint density at radius 3 is 2.55 bits per heavy atom. The van der Waals surface area contributed by atoms with Gasteiger partial charge >= 0.3 is 0 Å². The summed E-state index contributed by atoms with van der Waals surface area (Å²) in [5, 5.41) is 14.4. The first kappa shape index (κ1) is 16.2. The maximum absolute atomic E-state index is 13.4. The largest absolute Gasteiger partial charge is 0.409 e. The monoisotopic (exact) mass is 301 g/mol. The smallest absolute Gasteiger partial charge is 0.252 e. The van der Waals surface area contributed by atoms with E-state index in [1.807, 2.05) is 0 Å². The minimum Gasteiger partial charge on any atom is -0.409 e. The van der Waals surface area contributed by atoms with Crippen molar-refractivity contribution in [2.75, 3.05) is 0 Å². The molecule has 0 aliphatic carbocycles. The summed E-state index contributed by atoms with van der Waals surface area (Å²) in [5.74, 6) is -1.29. The Hall–Kier alpha value is -1.82. The minimum atomic E-state index is -0.970. The van der Waals surface area contributed by atoms with E-state index in [2.05, 4.69) is 10.5 Å². The van der Waals surface area contributed by atoms with Crippen molar-refractivity contribution in [2.45, 2.75) is 32.2 Å². The molecule has 1 rings (SSSR count). The first-order chi connectivity index (χ1) is 9.40. The molecule has 0 saturated carbocycles. The SMILES string of the molecule is CCC(CC)(NC(=O)c1ccc(Cl)c(F)c1)/C(N)=N/O. The summed E-state index contributed by atoms with van der Waals surface area (Å²) in [5.41, 5.74) is 4.79. The Morgan fingerprint density at radius 2 is 2.10 bits per heavy atom. The molecule has 5 nitrogen and oxygen atoms in total. The molecule has 110 valence electrons. The molecule has 0 bridgehead atoms. The Labute approximate surface area is 121 Å². The Kier molecular flexibility index (Phi) is 5.33. The number of rotatable bonds is 5. The topological polar surface area (TPSA) is 87.7 Å². The summed E-state index contributed by atoms with van der Waals surface area (Å²) in [6.07, 6.45) is 0.864. The van der Waals surface area contributed by atoms with Gasteiger partial charge in [-0.25, -0.2) is 4.39 Å². The molecule has 0 aliphatic rings. The number of amides is 1. The van der Waals surface area contributed by atoms with E-state index < -0.39 is 17.3 Å². The number of nitrogens with two attached hydrogens (primary N) is 1. The molecule has 0 aliphatic heterocycles. The third-order valence-corrected chi connectivity index (χ3v) is 3.65. The molecule has 4 N–H and O–H groups in total. The standard InChI is InChI=1S/C13H17ClFN3O2/c1-3-13(4-2,12(16)18-20)17-11(19)8-5-6-9(14)10(15)7-8/h5-7,20H,3-4H2,1-2H3,(H2,16,18)(H,17,19). The van der Waals surface area contributed by atoms with Crippen molar-refractivity contribution in [3.8, 4) is 0 Å². The molecule has 0 aromatic heterocycles. The number of oxime groups is 1. The molecular weight excluding hydrogens is 285 g/mol. The predicted molar refractivity (Wildman–Crippen MR) is 75.6 cm³/mol. The number of carbonyl (C=O) groups excluding carboxylic acids is 1. The van der Waals surface area contributed by atoms with Crippen LogP contribution in [0.3, 0.4) is 0 Å². The fourth-order valence-corrected chi connectivity index (χ4v) is 1.99. The normalized spacial score (nSPS) is 12.3. The maximum Gasteiger partial charge on any atom is 0.252 e. The van der Waals surface area contributed by atoms with Crippen LogP contribution in [-0.2, 0) is 0 Å². The van der Waals surface area contributed by atoms with Crippen LogP contribution in [-0.4, -0.2) is 22.5 Å². The van der Waals surface area contributed by atoms with E-state index in [9.17, 15) is 9.18 Å². The van der Waals surface area contributed by atoms with Gasteiger partial charge in [0.05, 0.1) is 5.02 Å². The number of benzene rings is 1. The molecule has 0 saturated heterocycles. The highest BCUT2D eigenvalue weighted by atomic mass is 35.5. The zero-order valence-corrected chi connectivity index (χ0v) is 12.0. The summed E-state index contributed by atoms with van der Waals surface area (Å²) in [6, 6.07) is 3.75. The summed E-state index contributed by atoms with van der Waals surface area (Å²) in [6.45, 7) is 3.59. The van der Waals surface area contributed by atoms with Crippen LogP contribution in [0.5, 0.6) is 0 Å². The van der Waals surface area contributed by atoms with E-state index in [1.54, 1.807) is 13.8 Å². The number of nitrogens with zero attached hydrogens (tertiary/aromatic N) is 1. The van der Waals surface area contributed by atoms with Gasteiger partial charge in [-0.3, -0.25) is 4.79 Å². The maximum atomic E-state index is 13.4. The average Bonchev–Trinajstić information content (AvgIpc) is 2.46. The van der Waals surface area contributed by atoms with Gasteiger partial charge in [0.1, 0.15) is 11.4 Å². The van der Waals surface area contributed by atoms with Crippen molar-refractivity contribution < 1.29 is 14.4 Å². The molecule has 0 fully saturated rings. The number of nitrogens with one attached hydrogen (secondary N) is 1. The summed E-state index contributed by atoms with van der Waals surface area (Å²) < 4.78 is 13.4. The van der Waals surface area contributed by atoms with Crippen molar-refractivity contribution in [1.29, 1.82) is 0 Å². The first-order valence-corrected chi connectivity index (χ1v) is 6.53. The second-order valence-corrected chi connectivity index (χ2v) is 4.76. The molecule has 0 radical (unpaired) electrons. The van der Waals surface area contributed by atoms with Crippen LogP contribution in [0.15, 0.2) is 23.4 Å². The van der Waals surface area contributed by atoms with Crippen molar-refractivity contribution in [1.82, 2.24) is 5.32 Å². The van der Waals surface area contributed by atoms with E-state index in [-0.39, 0.29) is 16.4 Å². The fraction of sp³-hybridized carbons (Fsp3) is 0.385. The second kappa shape index (κ2) is 6.56. The van der Waals surface area contributed by atoms with Crippen molar-refractivity contribution in [3.05, 3.63) is 34.6 Å². The molecule has 1 amide bonds. The number of halogens is 2. The van der Waals surface area contributed by atoms with Gasteiger partial charge in [0.2, 0.25) is 0 Å². The fourth-order valence-electron chi connectivity index (χ4n) is 1.88. The van der Waals surface area contributed by atoms with Crippen LogP contribution in [0, 0.1) is 5.82 Å². The molecular formula is C13H17ClFN3O2. The van der Waals surface area contributed by atoms with E-state index in [4.69, 9.17) is 22.5 Å². The van der Waals surface area contributed by atoms with Gasteiger partial charge in [0.15, 0.2) is 5.84 Å². The molecule has 20 heavy (non-hydrogen) atoms. The molecule has 0 spiro atoms. The van der Waals surface area contributed by atoms with E-state index in [0.717, 1.165) is 6.07 Å². The predicted octanol–water partition coefficient (Wildman–Crippen LogP) is 2.51. The number of amidine groups is 1. The number of hydrogen-bond acceptors (Lipinski definition) is 3. The lowest BCUT2D eigenvalue weighted by Crippen LogP contribution is -2.56.